The first-order valence-corrected chi connectivity index (χ1v) is 10.4. The Labute approximate surface area is 122 Å². The summed E-state index contributed by atoms with van der Waals surface area (Å²) in [4.78, 5) is 0. The molecule has 0 aliphatic rings. The van der Waals surface area contributed by atoms with Crippen molar-refractivity contribution in [2.75, 3.05) is 12.3 Å². The second-order valence-corrected chi connectivity index (χ2v) is 7.68. The van der Waals surface area contributed by atoms with Gasteiger partial charge in [0.15, 0.2) is 0 Å². The summed E-state index contributed by atoms with van der Waals surface area (Å²) in [5, 5.41) is 0. The molecule has 0 saturated carbocycles. The van der Waals surface area contributed by atoms with Gasteiger partial charge in [0, 0.05) is 12.3 Å². The predicted octanol–water partition coefficient (Wildman–Crippen LogP) is 6.92. The Morgan fingerprint density at radius 2 is 0.947 bits per heavy atom. The molecule has 19 heavy (non-hydrogen) atoms. The van der Waals surface area contributed by atoms with E-state index in [4.69, 9.17) is 0 Å². The lowest BCUT2D eigenvalue weighted by molar-refractivity contribution is 0.546. The number of rotatable bonds is 15. The molecule has 1 unspecified atom stereocenters. The van der Waals surface area contributed by atoms with Gasteiger partial charge in [-0.3, -0.25) is 4.57 Å². The van der Waals surface area contributed by atoms with Crippen molar-refractivity contribution in [1.82, 2.24) is 0 Å². The Morgan fingerprint density at radius 1 is 0.526 bits per heavy atom. The summed E-state index contributed by atoms with van der Waals surface area (Å²) in [7, 11) is -0.869. The maximum atomic E-state index is 11.5. The van der Waals surface area contributed by atoms with Gasteiger partial charge in [-0.25, -0.2) is 0 Å². The normalized spacial score (nSPS) is 11.8. The molecule has 0 aliphatic heterocycles. The van der Waals surface area contributed by atoms with E-state index < -0.39 is 7.80 Å². The van der Waals surface area contributed by atoms with Gasteiger partial charge in [-0.05, 0) is 12.8 Å². The summed E-state index contributed by atoms with van der Waals surface area (Å²) >= 11 is 0. The SMILES string of the molecule is CCCCCCCCCCCCCC[P](=O)CCC. The first kappa shape index (κ1) is 19.1. The van der Waals surface area contributed by atoms with Gasteiger partial charge in [0.25, 0.3) is 0 Å². The van der Waals surface area contributed by atoms with Crippen molar-refractivity contribution in [3.8, 4) is 0 Å². The second kappa shape index (κ2) is 16.2. The Morgan fingerprint density at radius 3 is 1.37 bits per heavy atom. The minimum absolute atomic E-state index is 0.869. The monoisotopic (exact) mass is 287 g/mol. The molecule has 0 aromatic rings. The minimum Gasteiger partial charge on any atom is -0.287 e. The topological polar surface area (TPSA) is 17.1 Å². The van der Waals surface area contributed by atoms with Gasteiger partial charge in [-0.2, -0.15) is 0 Å². The Hall–Kier alpha value is 0.100. The van der Waals surface area contributed by atoms with Crippen LogP contribution >= 0.6 is 7.80 Å². The third kappa shape index (κ3) is 16.0. The minimum atomic E-state index is -0.869. The zero-order valence-electron chi connectivity index (χ0n) is 13.5. The highest BCUT2D eigenvalue weighted by atomic mass is 31.1. The molecule has 0 heterocycles. The van der Waals surface area contributed by atoms with Crippen LogP contribution in [-0.2, 0) is 4.57 Å². The van der Waals surface area contributed by atoms with Crippen molar-refractivity contribution < 1.29 is 4.57 Å². The van der Waals surface area contributed by atoms with Crippen LogP contribution < -0.4 is 0 Å². The molecule has 2 heteroatoms. The maximum absolute atomic E-state index is 11.5. The zero-order chi connectivity index (χ0) is 14.2. The molecule has 0 spiro atoms. The fourth-order valence-corrected chi connectivity index (χ4v) is 3.79. The molecule has 1 radical (unpaired) electrons. The molecule has 115 valence electrons. The van der Waals surface area contributed by atoms with E-state index in [0.29, 0.717) is 0 Å². The summed E-state index contributed by atoms with van der Waals surface area (Å²) in [6.07, 6.45) is 19.6. The molecule has 1 atom stereocenters. The zero-order valence-corrected chi connectivity index (χ0v) is 14.4. The Balaban J connectivity index is 3.01. The average molecular weight is 287 g/mol. The Kier molecular flexibility index (Phi) is 16.2. The Bertz CT molecular complexity index is 192. The van der Waals surface area contributed by atoms with Gasteiger partial charge in [-0.1, -0.05) is 84.5 Å². The van der Waals surface area contributed by atoms with Crippen LogP contribution in [0.1, 0.15) is 97.3 Å². The van der Waals surface area contributed by atoms with Gasteiger partial charge < -0.3 is 0 Å². The van der Waals surface area contributed by atoms with Crippen molar-refractivity contribution in [2.24, 2.45) is 0 Å². The van der Waals surface area contributed by atoms with E-state index in [2.05, 4.69) is 13.8 Å². The van der Waals surface area contributed by atoms with E-state index in [1.165, 1.54) is 77.0 Å². The molecule has 0 rings (SSSR count). The summed E-state index contributed by atoms with van der Waals surface area (Å²) in [6, 6.07) is 0. The van der Waals surface area contributed by atoms with Crippen molar-refractivity contribution >= 4 is 7.80 Å². The standard InChI is InChI=1S/C17H36OP/c1-3-5-6-7-8-9-10-11-12-13-14-15-17-19(18)16-4-2/h3-17H2,1-2H3. The van der Waals surface area contributed by atoms with E-state index in [-0.39, 0.29) is 0 Å². The largest absolute Gasteiger partial charge is 0.287 e. The summed E-state index contributed by atoms with van der Waals surface area (Å²) in [5.74, 6) is 0. The lowest BCUT2D eigenvalue weighted by Crippen LogP contribution is -1.85. The molecule has 0 amide bonds. The lowest BCUT2D eigenvalue weighted by Gasteiger charge is -2.03. The van der Waals surface area contributed by atoms with Crippen molar-refractivity contribution in [3.63, 3.8) is 0 Å². The fourth-order valence-electron chi connectivity index (χ4n) is 2.49. The highest BCUT2D eigenvalue weighted by molar-refractivity contribution is 7.44. The summed E-state index contributed by atoms with van der Waals surface area (Å²) in [6.45, 7) is 4.40. The van der Waals surface area contributed by atoms with E-state index >= 15 is 0 Å². The van der Waals surface area contributed by atoms with Crippen LogP contribution in [0.15, 0.2) is 0 Å². The van der Waals surface area contributed by atoms with E-state index in [0.717, 1.165) is 18.7 Å². The third-order valence-corrected chi connectivity index (χ3v) is 5.50. The molecule has 0 aromatic heterocycles. The molecular weight excluding hydrogens is 251 g/mol. The van der Waals surface area contributed by atoms with E-state index in [1.54, 1.807) is 0 Å². The van der Waals surface area contributed by atoms with Crippen molar-refractivity contribution in [1.29, 1.82) is 0 Å². The molecule has 0 saturated heterocycles. The number of hydrogen-bond donors (Lipinski definition) is 0. The molecule has 1 nitrogen and oxygen atoms in total. The first-order chi connectivity index (χ1) is 9.31. The fraction of sp³-hybridized carbons (Fsp3) is 1.00. The molecule has 0 N–H and O–H groups in total. The molecule has 0 aromatic carbocycles. The van der Waals surface area contributed by atoms with Crippen LogP contribution in [0.3, 0.4) is 0 Å². The predicted molar refractivity (Wildman–Crippen MR) is 88.7 cm³/mol. The second-order valence-electron chi connectivity index (χ2n) is 5.82. The first-order valence-electron chi connectivity index (χ1n) is 8.73. The third-order valence-electron chi connectivity index (χ3n) is 3.73. The van der Waals surface area contributed by atoms with Crippen LogP contribution in [0.25, 0.3) is 0 Å². The van der Waals surface area contributed by atoms with Gasteiger partial charge in [0.1, 0.15) is 0 Å². The quantitative estimate of drug-likeness (QED) is 0.236. The van der Waals surface area contributed by atoms with Crippen molar-refractivity contribution in [3.05, 3.63) is 0 Å². The van der Waals surface area contributed by atoms with Gasteiger partial charge in [-0.15, -0.1) is 0 Å². The highest BCUT2D eigenvalue weighted by Gasteiger charge is 1.98. The van der Waals surface area contributed by atoms with Crippen LogP contribution in [-0.4, -0.2) is 12.3 Å². The molecule has 0 aliphatic carbocycles. The molecule has 0 bridgehead atoms. The van der Waals surface area contributed by atoms with Crippen molar-refractivity contribution in [2.45, 2.75) is 97.3 Å². The van der Waals surface area contributed by atoms with E-state index in [9.17, 15) is 4.57 Å². The van der Waals surface area contributed by atoms with Gasteiger partial charge in [0.05, 0.1) is 7.80 Å². The van der Waals surface area contributed by atoms with Gasteiger partial charge in [0.2, 0.25) is 0 Å². The maximum Gasteiger partial charge on any atom is 0.0718 e. The molecule has 0 fully saturated rings. The van der Waals surface area contributed by atoms with Crippen LogP contribution in [0.5, 0.6) is 0 Å². The van der Waals surface area contributed by atoms with Crippen LogP contribution in [0.2, 0.25) is 0 Å². The lowest BCUT2D eigenvalue weighted by atomic mass is 10.1. The number of hydrogen-bond acceptors (Lipinski definition) is 1. The van der Waals surface area contributed by atoms with Crippen LogP contribution in [0.4, 0.5) is 0 Å². The highest BCUT2D eigenvalue weighted by Crippen LogP contribution is 2.23. The summed E-state index contributed by atoms with van der Waals surface area (Å²) < 4.78 is 11.5. The molecular formula is C17H36OP. The smallest absolute Gasteiger partial charge is 0.0718 e. The summed E-state index contributed by atoms with van der Waals surface area (Å²) in [5.41, 5.74) is 0. The van der Waals surface area contributed by atoms with E-state index in [1.807, 2.05) is 0 Å². The number of unbranched alkanes of at least 4 members (excludes halogenated alkanes) is 11. The van der Waals surface area contributed by atoms with Crippen LogP contribution in [0, 0.1) is 0 Å². The average Bonchev–Trinajstić information content (AvgIpc) is 2.40. The van der Waals surface area contributed by atoms with Gasteiger partial charge >= 0.3 is 0 Å².